The highest BCUT2D eigenvalue weighted by molar-refractivity contribution is 5.97. The number of carbonyl (C=O) groups excluding carboxylic acids is 2. The molecule has 0 unspecified atom stereocenters. The lowest BCUT2D eigenvalue weighted by Gasteiger charge is -2.09. The molecule has 0 fully saturated rings. The fourth-order valence-corrected chi connectivity index (χ4v) is 2.18. The quantitative estimate of drug-likeness (QED) is 0.622. The Kier molecular flexibility index (Phi) is 6.77. The minimum atomic E-state index is -0.562. The van der Waals surface area contributed by atoms with Crippen LogP contribution in [-0.2, 0) is 20.7 Å². The van der Waals surface area contributed by atoms with Crippen molar-refractivity contribution in [1.82, 2.24) is 5.32 Å². The highest BCUT2D eigenvalue weighted by Gasteiger charge is 2.12. The molecule has 1 amide bonds. The molecule has 0 aliphatic heterocycles. The fourth-order valence-electron chi connectivity index (χ4n) is 2.18. The van der Waals surface area contributed by atoms with E-state index in [4.69, 9.17) is 9.47 Å². The molecular formula is C20H21NO4. The Bertz CT molecular complexity index is 736. The second-order valence-corrected chi connectivity index (χ2v) is 5.38. The number of esters is 1. The van der Waals surface area contributed by atoms with E-state index in [-0.39, 0.29) is 18.2 Å². The summed E-state index contributed by atoms with van der Waals surface area (Å²) < 4.78 is 10.4. The van der Waals surface area contributed by atoms with E-state index < -0.39 is 5.97 Å². The summed E-state index contributed by atoms with van der Waals surface area (Å²) in [5, 5.41) is 2.52. The number of rotatable bonds is 7. The summed E-state index contributed by atoms with van der Waals surface area (Å²) in [5.41, 5.74) is 1.95. The Balaban J connectivity index is 1.96. The summed E-state index contributed by atoms with van der Waals surface area (Å²) in [6, 6.07) is 16.8. The Morgan fingerprint density at radius 2 is 1.72 bits per heavy atom. The fraction of sp³-hybridized carbons (Fsp3) is 0.200. The van der Waals surface area contributed by atoms with Crippen molar-refractivity contribution in [2.75, 3.05) is 13.7 Å². The van der Waals surface area contributed by atoms with Crippen molar-refractivity contribution in [2.24, 2.45) is 0 Å². The van der Waals surface area contributed by atoms with E-state index in [9.17, 15) is 9.59 Å². The molecule has 0 atom stereocenters. The van der Waals surface area contributed by atoms with Crippen molar-refractivity contribution in [1.29, 1.82) is 0 Å². The van der Waals surface area contributed by atoms with E-state index in [0.717, 1.165) is 16.9 Å². The zero-order valence-electron chi connectivity index (χ0n) is 14.3. The van der Waals surface area contributed by atoms with Crippen LogP contribution in [0.2, 0.25) is 0 Å². The molecule has 0 bridgehead atoms. The molecule has 5 heteroatoms. The predicted molar refractivity (Wildman–Crippen MR) is 95.9 cm³/mol. The summed E-state index contributed by atoms with van der Waals surface area (Å²) in [5.74, 6) is -0.110. The third-order valence-corrected chi connectivity index (χ3v) is 3.42. The van der Waals surface area contributed by atoms with Gasteiger partial charge in [-0.3, -0.25) is 4.79 Å². The van der Waals surface area contributed by atoms with E-state index in [1.165, 1.54) is 6.92 Å². The first kappa shape index (κ1) is 18.3. The lowest BCUT2D eigenvalue weighted by Crippen LogP contribution is -2.26. The molecule has 0 spiro atoms. The predicted octanol–water partition coefficient (Wildman–Crippen LogP) is 2.96. The van der Waals surface area contributed by atoms with Gasteiger partial charge in [-0.1, -0.05) is 42.5 Å². The lowest BCUT2D eigenvalue weighted by atomic mass is 10.1. The summed E-state index contributed by atoms with van der Waals surface area (Å²) >= 11 is 0. The topological polar surface area (TPSA) is 64.6 Å². The van der Waals surface area contributed by atoms with Gasteiger partial charge in [0.15, 0.2) is 0 Å². The van der Waals surface area contributed by atoms with Crippen LogP contribution in [0.3, 0.4) is 0 Å². The van der Waals surface area contributed by atoms with E-state index in [1.807, 2.05) is 54.6 Å². The van der Waals surface area contributed by atoms with E-state index in [2.05, 4.69) is 5.32 Å². The zero-order chi connectivity index (χ0) is 18.1. The average Bonchev–Trinajstić information content (AvgIpc) is 2.62. The van der Waals surface area contributed by atoms with Gasteiger partial charge < -0.3 is 14.8 Å². The van der Waals surface area contributed by atoms with Gasteiger partial charge in [-0.15, -0.1) is 0 Å². The van der Waals surface area contributed by atoms with Crippen LogP contribution in [-0.4, -0.2) is 25.6 Å². The van der Waals surface area contributed by atoms with Crippen molar-refractivity contribution in [3.8, 4) is 5.75 Å². The maximum absolute atomic E-state index is 12.2. The second-order valence-electron chi connectivity index (χ2n) is 5.38. The highest BCUT2D eigenvalue weighted by atomic mass is 16.5. The molecule has 5 nitrogen and oxygen atoms in total. The molecule has 2 aromatic rings. The first-order valence-corrected chi connectivity index (χ1v) is 7.93. The van der Waals surface area contributed by atoms with Gasteiger partial charge in [0, 0.05) is 13.3 Å². The standard InChI is InChI=1S/C20H21NO4/c1-15(22)21-19(14-17-6-4-3-5-7-17)20(23)25-13-12-16-8-10-18(24-2)11-9-16/h3-11,14H,12-13H2,1-2H3,(H,21,22)/b19-14-. The molecule has 130 valence electrons. The summed E-state index contributed by atoms with van der Waals surface area (Å²) in [7, 11) is 1.61. The van der Waals surface area contributed by atoms with Crippen LogP contribution in [0.25, 0.3) is 6.08 Å². The van der Waals surface area contributed by atoms with E-state index in [1.54, 1.807) is 13.2 Å². The van der Waals surface area contributed by atoms with Crippen LogP contribution in [0.15, 0.2) is 60.3 Å². The molecule has 1 N–H and O–H groups in total. The Hall–Kier alpha value is -3.08. The van der Waals surface area contributed by atoms with Gasteiger partial charge >= 0.3 is 5.97 Å². The number of hydrogen-bond donors (Lipinski definition) is 1. The van der Waals surface area contributed by atoms with E-state index >= 15 is 0 Å². The van der Waals surface area contributed by atoms with E-state index in [0.29, 0.717) is 6.42 Å². The zero-order valence-corrected chi connectivity index (χ0v) is 14.3. The number of ether oxygens (including phenoxy) is 2. The summed E-state index contributed by atoms with van der Waals surface area (Å²) in [6.07, 6.45) is 2.17. The maximum Gasteiger partial charge on any atom is 0.354 e. The van der Waals surface area contributed by atoms with Crippen molar-refractivity contribution in [3.63, 3.8) is 0 Å². The van der Waals surface area contributed by atoms with Crippen LogP contribution < -0.4 is 10.1 Å². The largest absolute Gasteiger partial charge is 0.497 e. The molecular weight excluding hydrogens is 318 g/mol. The SMILES string of the molecule is COc1ccc(CCOC(=O)/C(=C/c2ccccc2)NC(C)=O)cc1. The monoisotopic (exact) mass is 339 g/mol. The van der Waals surface area contributed by atoms with Crippen LogP contribution in [0.5, 0.6) is 5.75 Å². The number of methoxy groups -OCH3 is 1. The number of carbonyl (C=O) groups is 2. The minimum absolute atomic E-state index is 0.119. The minimum Gasteiger partial charge on any atom is -0.497 e. The van der Waals surface area contributed by atoms with Gasteiger partial charge in [0.25, 0.3) is 0 Å². The first-order valence-electron chi connectivity index (χ1n) is 7.93. The third kappa shape index (κ3) is 6.14. The van der Waals surface area contributed by atoms with Crippen LogP contribution in [0, 0.1) is 0 Å². The Morgan fingerprint density at radius 1 is 1.04 bits per heavy atom. The average molecular weight is 339 g/mol. The van der Waals surface area contributed by atoms with Gasteiger partial charge in [0.2, 0.25) is 5.91 Å². The molecule has 25 heavy (non-hydrogen) atoms. The summed E-state index contributed by atoms with van der Waals surface area (Å²) in [6.45, 7) is 1.57. The molecule has 0 saturated heterocycles. The molecule has 0 aliphatic rings. The number of nitrogens with one attached hydrogen (secondary N) is 1. The number of amides is 1. The molecule has 0 aromatic heterocycles. The van der Waals surface area contributed by atoms with Crippen molar-refractivity contribution in [3.05, 3.63) is 71.4 Å². The molecule has 2 rings (SSSR count). The molecule has 0 heterocycles. The molecule has 0 saturated carbocycles. The van der Waals surface area contributed by atoms with Gasteiger partial charge in [0.1, 0.15) is 11.4 Å². The van der Waals surface area contributed by atoms with Gasteiger partial charge in [-0.2, -0.15) is 0 Å². The normalized spacial score (nSPS) is 10.9. The van der Waals surface area contributed by atoms with Crippen LogP contribution >= 0.6 is 0 Å². The molecule has 0 radical (unpaired) electrons. The van der Waals surface area contributed by atoms with Crippen LogP contribution in [0.4, 0.5) is 0 Å². The van der Waals surface area contributed by atoms with Crippen molar-refractivity contribution >= 4 is 18.0 Å². The Labute approximate surface area is 147 Å². The number of benzene rings is 2. The first-order chi connectivity index (χ1) is 12.1. The molecule has 0 aliphatic carbocycles. The summed E-state index contributed by atoms with van der Waals surface area (Å²) in [4.78, 5) is 23.6. The van der Waals surface area contributed by atoms with Crippen molar-refractivity contribution < 1.29 is 19.1 Å². The smallest absolute Gasteiger partial charge is 0.354 e. The van der Waals surface area contributed by atoms with Gasteiger partial charge in [-0.25, -0.2) is 4.79 Å². The molecule has 2 aromatic carbocycles. The Morgan fingerprint density at radius 3 is 2.32 bits per heavy atom. The highest BCUT2D eigenvalue weighted by Crippen LogP contribution is 2.12. The van der Waals surface area contributed by atoms with Gasteiger partial charge in [-0.05, 0) is 29.3 Å². The van der Waals surface area contributed by atoms with Crippen LogP contribution in [0.1, 0.15) is 18.1 Å². The maximum atomic E-state index is 12.2. The van der Waals surface area contributed by atoms with Gasteiger partial charge in [0.05, 0.1) is 13.7 Å². The second kappa shape index (κ2) is 9.27. The third-order valence-electron chi connectivity index (χ3n) is 3.42. The van der Waals surface area contributed by atoms with Crippen molar-refractivity contribution in [2.45, 2.75) is 13.3 Å². The number of hydrogen-bond acceptors (Lipinski definition) is 4. The lowest BCUT2D eigenvalue weighted by molar-refractivity contribution is -0.140.